The second-order valence-corrected chi connectivity index (χ2v) is 7.11. The van der Waals surface area contributed by atoms with Gasteiger partial charge in [-0.15, -0.1) is 11.6 Å². The summed E-state index contributed by atoms with van der Waals surface area (Å²) in [5, 5.41) is -0.667. The highest BCUT2D eigenvalue weighted by Gasteiger charge is 2.55. The molecular weight excluding hydrogens is 355 g/mol. The number of anilines is 1. The van der Waals surface area contributed by atoms with Gasteiger partial charge in [0.25, 0.3) is 0 Å². The molecule has 3 nitrogen and oxygen atoms in total. The van der Waals surface area contributed by atoms with Crippen molar-refractivity contribution in [2.24, 2.45) is 0 Å². The Morgan fingerprint density at radius 1 is 1.44 bits per heavy atom. The van der Waals surface area contributed by atoms with Crippen LogP contribution in [0.3, 0.4) is 0 Å². The second-order valence-electron chi connectivity index (χ2n) is 6.58. The van der Waals surface area contributed by atoms with Crippen LogP contribution in [0.2, 0.25) is 0 Å². The van der Waals surface area contributed by atoms with Gasteiger partial charge in [0.2, 0.25) is 0 Å². The molecular formula is C18H23ClF3NO2. The van der Waals surface area contributed by atoms with E-state index in [2.05, 4.69) is 0 Å². The summed E-state index contributed by atoms with van der Waals surface area (Å²) in [5.41, 5.74) is 0.620. The smallest absolute Gasteiger partial charge is 0.382 e. The number of hydrogen-bond donors (Lipinski definition) is 0. The maximum Gasteiger partial charge on any atom is 0.471 e. The van der Waals surface area contributed by atoms with Crippen molar-refractivity contribution >= 4 is 23.2 Å². The van der Waals surface area contributed by atoms with Gasteiger partial charge in [-0.1, -0.05) is 37.5 Å². The average molecular weight is 378 g/mol. The Morgan fingerprint density at radius 2 is 2.12 bits per heavy atom. The number of carbonyl (C=O) groups excluding carboxylic acids is 1. The summed E-state index contributed by atoms with van der Waals surface area (Å²) in [4.78, 5) is 13.2. The highest BCUT2D eigenvalue weighted by Crippen LogP contribution is 2.44. The van der Waals surface area contributed by atoms with E-state index >= 15 is 0 Å². The molecule has 0 aliphatic carbocycles. The molecule has 0 saturated carbocycles. The number of rotatable bonds is 5. The molecule has 2 atom stereocenters. The summed E-state index contributed by atoms with van der Waals surface area (Å²) in [6, 6.07) is 5.08. The third-order valence-electron chi connectivity index (χ3n) is 4.71. The fraction of sp³-hybridized carbons (Fsp3) is 0.611. The molecule has 140 valence electrons. The van der Waals surface area contributed by atoms with Crippen molar-refractivity contribution in [3.05, 3.63) is 29.3 Å². The van der Waals surface area contributed by atoms with Crippen LogP contribution in [0.5, 0.6) is 0 Å². The molecule has 0 radical (unpaired) electrons. The van der Waals surface area contributed by atoms with E-state index in [1.54, 1.807) is 18.2 Å². The maximum absolute atomic E-state index is 13.4. The Morgan fingerprint density at radius 3 is 2.68 bits per heavy atom. The van der Waals surface area contributed by atoms with Gasteiger partial charge in [-0.25, -0.2) is 0 Å². The molecule has 0 saturated heterocycles. The number of benzene rings is 1. The van der Waals surface area contributed by atoms with Gasteiger partial charge >= 0.3 is 12.1 Å². The molecule has 0 N–H and O–H groups in total. The Balaban J connectivity index is 2.66. The third kappa shape index (κ3) is 3.80. The van der Waals surface area contributed by atoms with Gasteiger partial charge in [0.05, 0.1) is 17.5 Å². The lowest BCUT2D eigenvalue weighted by Crippen LogP contribution is -2.65. The molecule has 0 fully saturated rings. The molecule has 25 heavy (non-hydrogen) atoms. The van der Waals surface area contributed by atoms with Crippen molar-refractivity contribution in [1.82, 2.24) is 0 Å². The number of hydrogen-bond acceptors (Lipinski definition) is 2. The molecule has 2 rings (SSSR count). The Bertz CT molecular complexity index is 635. The summed E-state index contributed by atoms with van der Waals surface area (Å²) in [5.74, 6) is -1.89. The number of unbranched alkanes of at least 4 members (excludes halogenated alkanes) is 1. The lowest BCUT2D eigenvalue weighted by atomic mass is 9.79. The molecule has 0 spiro atoms. The topological polar surface area (TPSA) is 29.5 Å². The van der Waals surface area contributed by atoms with Gasteiger partial charge < -0.3 is 4.74 Å². The molecule has 1 aromatic carbocycles. The van der Waals surface area contributed by atoms with Gasteiger partial charge in [-0.3, -0.25) is 9.69 Å². The highest BCUT2D eigenvalue weighted by molar-refractivity contribution is 6.23. The van der Waals surface area contributed by atoms with Gasteiger partial charge in [0, 0.05) is 12.8 Å². The van der Waals surface area contributed by atoms with Crippen molar-refractivity contribution in [3.8, 4) is 0 Å². The summed E-state index contributed by atoms with van der Waals surface area (Å²) >= 11 is 6.58. The van der Waals surface area contributed by atoms with Crippen LogP contribution >= 0.6 is 11.6 Å². The van der Waals surface area contributed by atoms with Crippen LogP contribution in [0.25, 0.3) is 0 Å². The standard InChI is InChI=1S/C18H23ClF3NO2/c1-4-5-8-17(11-25-3)15(19)10-13-9-12(2)6-7-14(13)23(17)16(24)18(20,21)22/h6-7,9,15H,4-5,8,10-11H2,1-3H3/t15-,17-/m1/s1. The Kier molecular flexibility index (Phi) is 6.05. The Labute approximate surface area is 151 Å². The molecule has 7 heteroatoms. The van der Waals surface area contributed by atoms with Gasteiger partial charge in [0.15, 0.2) is 0 Å². The van der Waals surface area contributed by atoms with Crippen LogP contribution in [0.1, 0.15) is 37.3 Å². The number of carbonyl (C=O) groups is 1. The zero-order valence-electron chi connectivity index (χ0n) is 14.6. The van der Waals surface area contributed by atoms with Crippen molar-refractivity contribution in [3.63, 3.8) is 0 Å². The summed E-state index contributed by atoms with van der Waals surface area (Å²) in [7, 11) is 1.41. The van der Waals surface area contributed by atoms with Crippen LogP contribution in [-0.2, 0) is 16.0 Å². The molecule has 0 unspecified atom stereocenters. The van der Waals surface area contributed by atoms with Gasteiger partial charge in [-0.05, 0) is 31.4 Å². The fourth-order valence-electron chi connectivity index (χ4n) is 3.53. The van der Waals surface area contributed by atoms with E-state index in [1.165, 1.54) is 7.11 Å². The van der Waals surface area contributed by atoms with Crippen molar-refractivity contribution in [2.75, 3.05) is 18.6 Å². The third-order valence-corrected chi connectivity index (χ3v) is 5.27. The minimum Gasteiger partial charge on any atom is -0.382 e. The first-order chi connectivity index (χ1) is 11.7. The summed E-state index contributed by atoms with van der Waals surface area (Å²) < 4.78 is 45.3. The van der Waals surface area contributed by atoms with Crippen LogP contribution < -0.4 is 4.90 Å². The summed E-state index contributed by atoms with van der Waals surface area (Å²) in [6.45, 7) is 3.75. The predicted molar refractivity (Wildman–Crippen MR) is 92.2 cm³/mol. The number of alkyl halides is 4. The average Bonchev–Trinajstić information content (AvgIpc) is 2.52. The lowest BCUT2D eigenvalue weighted by Gasteiger charge is -2.50. The number of methoxy groups -OCH3 is 1. The monoisotopic (exact) mass is 377 g/mol. The zero-order valence-corrected chi connectivity index (χ0v) is 15.4. The van der Waals surface area contributed by atoms with Crippen molar-refractivity contribution in [1.29, 1.82) is 0 Å². The van der Waals surface area contributed by atoms with E-state index in [0.29, 0.717) is 24.8 Å². The minimum absolute atomic E-state index is 0.0453. The molecule has 1 aliphatic rings. The normalized spacial score (nSPS) is 23.5. The first kappa shape index (κ1) is 20.0. The van der Waals surface area contributed by atoms with E-state index in [-0.39, 0.29) is 12.3 Å². The molecule has 1 heterocycles. The number of nitrogens with zero attached hydrogens (tertiary/aromatic N) is 1. The van der Waals surface area contributed by atoms with Crippen LogP contribution in [0.4, 0.5) is 18.9 Å². The molecule has 1 amide bonds. The number of ether oxygens (including phenoxy) is 1. The number of aryl methyl sites for hydroxylation is 1. The maximum atomic E-state index is 13.4. The van der Waals surface area contributed by atoms with E-state index in [1.807, 2.05) is 13.8 Å². The predicted octanol–water partition coefficient (Wildman–Crippen LogP) is 4.63. The van der Waals surface area contributed by atoms with Crippen molar-refractivity contribution < 1.29 is 22.7 Å². The lowest BCUT2D eigenvalue weighted by molar-refractivity contribution is -0.172. The largest absolute Gasteiger partial charge is 0.471 e. The van der Waals surface area contributed by atoms with E-state index < -0.39 is 23.0 Å². The first-order valence-electron chi connectivity index (χ1n) is 8.31. The van der Waals surface area contributed by atoms with E-state index in [0.717, 1.165) is 16.9 Å². The first-order valence-corrected chi connectivity index (χ1v) is 8.75. The van der Waals surface area contributed by atoms with Crippen LogP contribution in [-0.4, -0.2) is 36.7 Å². The molecule has 1 aliphatic heterocycles. The number of fused-ring (bicyclic) bond motifs is 1. The van der Waals surface area contributed by atoms with Crippen molar-refractivity contribution in [2.45, 2.75) is 56.6 Å². The fourth-order valence-corrected chi connectivity index (χ4v) is 3.96. The van der Waals surface area contributed by atoms with Crippen LogP contribution in [0.15, 0.2) is 18.2 Å². The van der Waals surface area contributed by atoms with E-state index in [9.17, 15) is 18.0 Å². The number of amides is 1. The van der Waals surface area contributed by atoms with E-state index in [4.69, 9.17) is 16.3 Å². The highest BCUT2D eigenvalue weighted by atomic mass is 35.5. The second kappa shape index (κ2) is 7.54. The quantitative estimate of drug-likeness (QED) is 0.700. The zero-order chi connectivity index (χ0) is 18.8. The molecule has 0 bridgehead atoms. The minimum atomic E-state index is -4.98. The molecule has 1 aromatic rings. The number of halogens is 4. The summed E-state index contributed by atoms with van der Waals surface area (Å²) in [6.07, 6.45) is -2.81. The van der Waals surface area contributed by atoms with Gasteiger partial charge in [0.1, 0.15) is 0 Å². The molecule has 0 aromatic heterocycles. The van der Waals surface area contributed by atoms with Crippen LogP contribution in [0, 0.1) is 6.92 Å². The van der Waals surface area contributed by atoms with Gasteiger partial charge in [-0.2, -0.15) is 13.2 Å². The Hall–Kier alpha value is -1.27. The SMILES string of the molecule is CCCC[C@@]1(COC)[C@H](Cl)Cc2cc(C)ccc2N1C(=O)C(F)(F)F.